The average Bonchev–Trinajstić information content (AvgIpc) is 2.51. The van der Waals surface area contributed by atoms with Gasteiger partial charge in [-0.25, -0.2) is 0 Å². The summed E-state index contributed by atoms with van der Waals surface area (Å²) in [5, 5.41) is 0. The first kappa shape index (κ1) is 14.7. The summed E-state index contributed by atoms with van der Waals surface area (Å²) in [4.78, 5) is 5.23. The summed E-state index contributed by atoms with van der Waals surface area (Å²) >= 11 is 1.85. The first-order valence-corrected chi connectivity index (χ1v) is 8.65. The minimum atomic E-state index is 0.904. The fraction of sp³-hybridized carbons (Fsp3) is 0.368. The Balaban J connectivity index is 1.63. The van der Waals surface area contributed by atoms with Crippen molar-refractivity contribution in [2.75, 3.05) is 13.1 Å². The van der Waals surface area contributed by atoms with Crippen LogP contribution in [-0.4, -0.2) is 18.0 Å². The molecule has 21 heavy (non-hydrogen) atoms. The van der Waals surface area contributed by atoms with Crippen molar-refractivity contribution < 1.29 is 0 Å². The average molecular weight is 297 g/mol. The van der Waals surface area contributed by atoms with Gasteiger partial charge >= 0.3 is 0 Å². The third kappa shape index (κ3) is 4.36. The van der Waals surface area contributed by atoms with Crippen molar-refractivity contribution in [3.8, 4) is 0 Å². The van der Waals surface area contributed by atoms with Gasteiger partial charge in [0.1, 0.15) is 0 Å². The van der Waals surface area contributed by atoms with Crippen LogP contribution in [-0.2, 0) is 6.54 Å². The van der Waals surface area contributed by atoms with Gasteiger partial charge in [-0.15, -0.1) is 0 Å². The van der Waals surface area contributed by atoms with Crippen LogP contribution in [0.4, 0.5) is 0 Å². The lowest BCUT2D eigenvalue weighted by molar-refractivity contribution is 0.185. The first-order valence-electron chi connectivity index (χ1n) is 7.84. The fourth-order valence-corrected chi connectivity index (χ4v) is 3.73. The number of hydrogen-bond acceptors (Lipinski definition) is 2. The van der Waals surface area contributed by atoms with Crippen LogP contribution in [0.1, 0.15) is 25.3 Å². The Morgan fingerprint density at radius 2 is 1.67 bits per heavy atom. The molecule has 0 bridgehead atoms. The Bertz CT molecular complexity index is 559. The van der Waals surface area contributed by atoms with Crippen LogP contribution in [0.5, 0.6) is 0 Å². The summed E-state index contributed by atoms with van der Waals surface area (Å²) in [6.45, 7) is 5.96. The number of benzene rings is 2. The summed E-state index contributed by atoms with van der Waals surface area (Å²) in [6, 6.07) is 19.6. The van der Waals surface area contributed by atoms with Gasteiger partial charge in [0.2, 0.25) is 0 Å². The molecule has 1 aliphatic heterocycles. The van der Waals surface area contributed by atoms with Crippen LogP contribution in [0, 0.1) is 5.92 Å². The second kappa shape index (κ2) is 7.15. The number of likely N-dealkylation sites (tertiary alicyclic amines) is 1. The molecule has 1 heterocycles. The van der Waals surface area contributed by atoms with Crippen molar-refractivity contribution in [2.24, 2.45) is 5.92 Å². The molecule has 0 spiro atoms. The number of rotatable bonds is 4. The zero-order valence-electron chi connectivity index (χ0n) is 12.7. The zero-order valence-corrected chi connectivity index (χ0v) is 13.5. The SMILES string of the molecule is CC1CCN(Cc2cccc(Sc3ccccc3)c2)CC1. The summed E-state index contributed by atoms with van der Waals surface area (Å²) < 4.78 is 0. The Morgan fingerprint density at radius 3 is 2.43 bits per heavy atom. The van der Waals surface area contributed by atoms with Crippen LogP contribution in [0.15, 0.2) is 64.4 Å². The van der Waals surface area contributed by atoms with Gasteiger partial charge in [-0.1, -0.05) is 49.0 Å². The number of hydrogen-bond donors (Lipinski definition) is 0. The molecule has 1 fully saturated rings. The van der Waals surface area contributed by atoms with E-state index in [1.54, 1.807) is 0 Å². The highest BCUT2D eigenvalue weighted by Gasteiger charge is 2.15. The lowest BCUT2D eigenvalue weighted by Crippen LogP contribution is -2.32. The minimum absolute atomic E-state index is 0.904. The number of piperidine rings is 1. The molecule has 0 atom stereocenters. The molecule has 3 rings (SSSR count). The van der Waals surface area contributed by atoms with E-state index in [1.807, 2.05) is 11.8 Å². The molecule has 0 radical (unpaired) electrons. The summed E-state index contributed by atoms with van der Waals surface area (Å²) in [6.07, 6.45) is 2.69. The summed E-state index contributed by atoms with van der Waals surface area (Å²) in [5.41, 5.74) is 1.44. The topological polar surface area (TPSA) is 3.24 Å². The van der Waals surface area contributed by atoms with Crippen molar-refractivity contribution >= 4 is 11.8 Å². The van der Waals surface area contributed by atoms with Crippen LogP contribution >= 0.6 is 11.8 Å². The quantitative estimate of drug-likeness (QED) is 0.775. The molecule has 1 nitrogen and oxygen atoms in total. The van der Waals surface area contributed by atoms with Crippen LogP contribution < -0.4 is 0 Å². The van der Waals surface area contributed by atoms with Crippen LogP contribution in [0.2, 0.25) is 0 Å². The molecular weight excluding hydrogens is 274 g/mol. The summed E-state index contributed by atoms with van der Waals surface area (Å²) in [5.74, 6) is 0.904. The van der Waals surface area contributed by atoms with Crippen molar-refractivity contribution in [3.05, 3.63) is 60.2 Å². The molecule has 1 saturated heterocycles. The molecule has 0 aromatic heterocycles. The van der Waals surface area contributed by atoms with Crippen molar-refractivity contribution in [2.45, 2.75) is 36.1 Å². The highest BCUT2D eigenvalue weighted by atomic mass is 32.2. The van der Waals surface area contributed by atoms with Crippen LogP contribution in [0.3, 0.4) is 0 Å². The largest absolute Gasteiger partial charge is 0.299 e. The van der Waals surface area contributed by atoms with Gasteiger partial charge in [0.15, 0.2) is 0 Å². The molecule has 2 aromatic carbocycles. The fourth-order valence-electron chi connectivity index (χ4n) is 2.81. The van der Waals surface area contributed by atoms with Gasteiger partial charge in [-0.05, 0) is 61.7 Å². The maximum absolute atomic E-state index is 2.59. The molecule has 0 unspecified atom stereocenters. The summed E-state index contributed by atoms with van der Waals surface area (Å²) in [7, 11) is 0. The Hall–Kier alpha value is -1.25. The zero-order chi connectivity index (χ0) is 14.5. The van der Waals surface area contributed by atoms with E-state index in [-0.39, 0.29) is 0 Å². The molecule has 2 aromatic rings. The monoisotopic (exact) mass is 297 g/mol. The highest BCUT2D eigenvalue weighted by Crippen LogP contribution is 2.28. The lowest BCUT2D eigenvalue weighted by Gasteiger charge is -2.30. The molecule has 0 aliphatic carbocycles. The van der Waals surface area contributed by atoms with E-state index >= 15 is 0 Å². The molecule has 0 saturated carbocycles. The van der Waals surface area contributed by atoms with E-state index in [0.29, 0.717) is 0 Å². The molecular formula is C19H23NS. The van der Waals surface area contributed by atoms with E-state index in [2.05, 4.69) is 66.4 Å². The minimum Gasteiger partial charge on any atom is -0.299 e. The van der Waals surface area contributed by atoms with Gasteiger partial charge in [-0.2, -0.15) is 0 Å². The van der Waals surface area contributed by atoms with Crippen molar-refractivity contribution in [1.82, 2.24) is 4.90 Å². The third-order valence-corrected chi connectivity index (χ3v) is 5.16. The van der Waals surface area contributed by atoms with E-state index in [1.165, 1.54) is 41.3 Å². The maximum atomic E-state index is 2.59. The highest BCUT2D eigenvalue weighted by molar-refractivity contribution is 7.99. The molecule has 0 N–H and O–H groups in total. The van der Waals surface area contributed by atoms with Gasteiger partial charge in [0.25, 0.3) is 0 Å². The van der Waals surface area contributed by atoms with Crippen molar-refractivity contribution in [1.29, 1.82) is 0 Å². The maximum Gasteiger partial charge on any atom is 0.0234 e. The lowest BCUT2D eigenvalue weighted by atomic mass is 9.99. The molecule has 1 aliphatic rings. The normalized spacial score (nSPS) is 17.0. The second-order valence-electron chi connectivity index (χ2n) is 6.02. The Kier molecular flexibility index (Phi) is 5.00. The van der Waals surface area contributed by atoms with Gasteiger partial charge in [0.05, 0.1) is 0 Å². The Labute approximate surface area is 132 Å². The van der Waals surface area contributed by atoms with Gasteiger partial charge in [-0.3, -0.25) is 4.90 Å². The predicted molar refractivity (Wildman–Crippen MR) is 90.7 cm³/mol. The van der Waals surface area contributed by atoms with E-state index in [0.717, 1.165) is 12.5 Å². The van der Waals surface area contributed by atoms with Gasteiger partial charge in [0, 0.05) is 16.3 Å². The Morgan fingerprint density at radius 1 is 0.952 bits per heavy atom. The molecule has 2 heteroatoms. The number of nitrogens with zero attached hydrogens (tertiary/aromatic N) is 1. The van der Waals surface area contributed by atoms with Crippen molar-refractivity contribution in [3.63, 3.8) is 0 Å². The molecule has 110 valence electrons. The first-order chi connectivity index (χ1) is 10.3. The van der Waals surface area contributed by atoms with E-state index in [4.69, 9.17) is 0 Å². The smallest absolute Gasteiger partial charge is 0.0234 e. The van der Waals surface area contributed by atoms with E-state index in [9.17, 15) is 0 Å². The second-order valence-corrected chi connectivity index (χ2v) is 7.17. The standard InChI is InChI=1S/C19H23NS/c1-16-10-12-20(13-11-16)15-17-6-5-9-19(14-17)21-18-7-3-2-4-8-18/h2-9,14,16H,10-13,15H2,1H3. The van der Waals surface area contributed by atoms with E-state index < -0.39 is 0 Å². The molecule has 0 amide bonds. The predicted octanol–water partition coefficient (Wildman–Crippen LogP) is 5.07. The van der Waals surface area contributed by atoms with Crippen LogP contribution in [0.25, 0.3) is 0 Å². The van der Waals surface area contributed by atoms with Gasteiger partial charge < -0.3 is 0 Å². The third-order valence-electron chi connectivity index (χ3n) is 4.16.